The van der Waals surface area contributed by atoms with E-state index in [4.69, 9.17) is 14.2 Å². The lowest BCUT2D eigenvalue weighted by molar-refractivity contribution is -0.151. The molecule has 6 unspecified atom stereocenters. The number of halogens is 2. The van der Waals surface area contributed by atoms with Crippen LogP contribution in [-0.4, -0.2) is 78.5 Å². The first-order valence-electron chi connectivity index (χ1n) is 19.2. The van der Waals surface area contributed by atoms with Gasteiger partial charge in [0, 0.05) is 44.4 Å². The number of alkyl halides is 2. The van der Waals surface area contributed by atoms with Gasteiger partial charge in [-0.2, -0.15) is 0 Å². The Bertz CT molecular complexity index is 1260. The molecule has 7 nitrogen and oxygen atoms in total. The van der Waals surface area contributed by atoms with Crippen molar-refractivity contribution in [2.75, 3.05) is 26.2 Å². The average molecular weight is 661 g/mol. The van der Waals surface area contributed by atoms with E-state index in [0.717, 1.165) is 57.5 Å². The Hall–Kier alpha value is -1.64. The highest BCUT2D eigenvalue weighted by Gasteiger charge is 2.81. The van der Waals surface area contributed by atoms with Crippen molar-refractivity contribution in [3.8, 4) is 0 Å². The molecule has 5 saturated carbocycles. The second-order valence-electron chi connectivity index (χ2n) is 18.5. The minimum absolute atomic E-state index is 0.0255. The summed E-state index contributed by atoms with van der Waals surface area (Å²) in [5.41, 5.74) is 0.895. The Kier molecular flexibility index (Phi) is 7.57. The fraction of sp³-hybridized carbons (Fsp3) is 0.947. The van der Waals surface area contributed by atoms with Crippen molar-refractivity contribution < 1.29 is 32.6 Å². The number of rotatable bonds is 4. The van der Waals surface area contributed by atoms with Crippen LogP contribution in [0.25, 0.3) is 0 Å². The fourth-order valence-electron chi connectivity index (χ4n) is 13.2. The van der Waals surface area contributed by atoms with E-state index >= 15 is 0 Å². The average Bonchev–Trinajstić information content (AvgIpc) is 3.56. The molecule has 2 spiro atoms. The summed E-state index contributed by atoms with van der Waals surface area (Å²) >= 11 is 0. The number of ether oxygens (including phenoxy) is 3. The Morgan fingerprint density at radius 2 is 1.49 bits per heavy atom. The van der Waals surface area contributed by atoms with Crippen molar-refractivity contribution in [2.24, 2.45) is 51.2 Å². The maximum atomic E-state index is 13.7. The van der Waals surface area contributed by atoms with Gasteiger partial charge in [-0.05, 0) is 116 Å². The van der Waals surface area contributed by atoms with Gasteiger partial charge in [0.1, 0.15) is 12.2 Å². The van der Waals surface area contributed by atoms with Crippen LogP contribution >= 0.6 is 0 Å². The number of amides is 2. The van der Waals surface area contributed by atoms with E-state index < -0.39 is 12.0 Å². The first-order chi connectivity index (χ1) is 22.2. The standard InChI is InChI=1S/C38H58F2N2O5/c1-23(2)31(47-33(44)41-17-6-18-41)27-9-7-25-28(45-27)21-26-24-8-10-29-34(3,4)30(46-32(43)42-19-15-38(39,40)16-20-42)11-12-37(29)22-36(24,37)14-13-35(25,26)5/h23-31H,6-22H2,1-5H3/t24?,25?,26?,27?,28?,29?,30-,31+,35+,36-,37+/m0/s1. The van der Waals surface area contributed by atoms with E-state index in [1.54, 1.807) is 0 Å². The summed E-state index contributed by atoms with van der Waals surface area (Å²) in [4.78, 5) is 29.2. The molecule has 2 amide bonds. The van der Waals surface area contributed by atoms with Crippen LogP contribution in [0, 0.1) is 51.2 Å². The number of piperidine rings is 1. The van der Waals surface area contributed by atoms with Crippen molar-refractivity contribution in [1.82, 2.24) is 9.80 Å². The Balaban J connectivity index is 0.947. The fourth-order valence-corrected chi connectivity index (χ4v) is 13.2. The monoisotopic (exact) mass is 660 g/mol. The van der Waals surface area contributed by atoms with Gasteiger partial charge >= 0.3 is 12.2 Å². The van der Waals surface area contributed by atoms with E-state index in [1.165, 1.54) is 37.0 Å². The number of fused-ring (bicyclic) bond motifs is 4. The summed E-state index contributed by atoms with van der Waals surface area (Å²) in [5.74, 6) is 0.0289. The van der Waals surface area contributed by atoms with Crippen molar-refractivity contribution in [1.29, 1.82) is 0 Å². The quantitative estimate of drug-likeness (QED) is 0.304. The van der Waals surface area contributed by atoms with E-state index in [2.05, 4.69) is 34.6 Å². The maximum absolute atomic E-state index is 13.7. The van der Waals surface area contributed by atoms with Crippen LogP contribution in [-0.2, 0) is 14.2 Å². The first kappa shape index (κ1) is 32.6. The molecular weight excluding hydrogens is 602 g/mol. The molecule has 0 radical (unpaired) electrons. The van der Waals surface area contributed by atoms with Crippen LogP contribution in [0.5, 0.6) is 0 Å². The summed E-state index contributed by atoms with van der Waals surface area (Å²) in [6.45, 7) is 13.3. The third kappa shape index (κ3) is 4.83. The lowest BCUT2D eigenvalue weighted by atomic mass is 9.46. The van der Waals surface area contributed by atoms with E-state index in [-0.39, 0.29) is 67.8 Å². The van der Waals surface area contributed by atoms with E-state index in [1.807, 2.05) is 4.90 Å². The number of carbonyl (C=O) groups excluding carboxylic acids is 2. The first-order valence-corrected chi connectivity index (χ1v) is 19.2. The van der Waals surface area contributed by atoms with E-state index in [0.29, 0.717) is 34.0 Å². The zero-order valence-corrected chi connectivity index (χ0v) is 29.4. The molecule has 0 aromatic rings. The van der Waals surface area contributed by atoms with Crippen molar-refractivity contribution >= 4 is 12.2 Å². The molecule has 11 atom stereocenters. The smallest absolute Gasteiger partial charge is 0.410 e. The molecule has 8 fully saturated rings. The predicted octanol–water partition coefficient (Wildman–Crippen LogP) is 8.30. The maximum Gasteiger partial charge on any atom is 0.410 e. The van der Waals surface area contributed by atoms with Crippen molar-refractivity contribution in [2.45, 2.75) is 148 Å². The molecule has 3 saturated heterocycles. The number of hydrogen-bond donors (Lipinski definition) is 0. The van der Waals surface area contributed by atoms with Crippen LogP contribution in [0.15, 0.2) is 0 Å². The molecule has 5 aliphatic carbocycles. The largest absolute Gasteiger partial charge is 0.446 e. The molecule has 0 bridgehead atoms. The predicted molar refractivity (Wildman–Crippen MR) is 173 cm³/mol. The third-order valence-corrected chi connectivity index (χ3v) is 15.9. The van der Waals surface area contributed by atoms with Crippen LogP contribution in [0.2, 0.25) is 0 Å². The summed E-state index contributed by atoms with van der Waals surface area (Å²) in [6.07, 6.45) is 11.4. The van der Waals surface area contributed by atoms with Gasteiger partial charge in [0.15, 0.2) is 0 Å². The van der Waals surface area contributed by atoms with E-state index in [9.17, 15) is 18.4 Å². The zero-order chi connectivity index (χ0) is 33.1. The van der Waals surface area contributed by atoms with Gasteiger partial charge in [-0.25, -0.2) is 18.4 Å². The van der Waals surface area contributed by atoms with Crippen LogP contribution in [0.4, 0.5) is 18.4 Å². The van der Waals surface area contributed by atoms with Gasteiger partial charge < -0.3 is 24.0 Å². The highest BCUT2D eigenvalue weighted by Crippen LogP contribution is 2.87. The van der Waals surface area contributed by atoms with Crippen LogP contribution < -0.4 is 0 Å². The minimum atomic E-state index is -2.67. The SMILES string of the molecule is CC(C)[C@@H](OC(=O)N1CCC1)C1CCC2C(CC3C4CCC5C(C)(C)[C@@H](OC(=O)N6CCC(F)(F)CC6)CC[C@@]56C[C@@]46CC[C@]23C)O1. The molecular formula is C38H58F2N2O5. The molecule has 47 heavy (non-hydrogen) atoms. The Morgan fingerprint density at radius 3 is 2.17 bits per heavy atom. The Morgan fingerprint density at radius 1 is 0.787 bits per heavy atom. The van der Waals surface area contributed by atoms with Gasteiger partial charge in [-0.1, -0.05) is 34.6 Å². The summed E-state index contributed by atoms with van der Waals surface area (Å²) in [7, 11) is 0. The van der Waals surface area contributed by atoms with Crippen LogP contribution in [0.3, 0.4) is 0 Å². The second kappa shape index (κ2) is 10.9. The topological polar surface area (TPSA) is 68.3 Å². The molecule has 8 rings (SSSR count). The highest BCUT2D eigenvalue weighted by molar-refractivity contribution is 5.69. The summed E-state index contributed by atoms with van der Waals surface area (Å²) in [5, 5.41) is 0. The lowest BCUT2D eigenvalue weighted by Crippen LogP contribution is -2.55. The van der Waals surface area contributed by atoms with Gasteiger partial charge in [-0.15, -0.1) is 0 Å². The van der Waals surface area contributed by atoms with Gasteiger partial charge in [-0.3, -0.25) is 0 Å². The van der Waals surface area contributed by atoms with Gasteiger partial charge in [0.25, 0.3) is 5.92 Å². The number of nitrogens with zero attached hydrogens (tertiary/aromatic N) is 2. The van der Waals surface area contributed by atoms with Crippen LogP contribution in [0.1, 0.15) is 118 Å². The molecule has 0 N–H and O–H groups in total. The zero-order valence-electron chi connectivity index (χ0n) is 29.4. The number of likely N-dealkylation sites (tertiary alicyclic amines) is 2. The molecule has 0 aromatic heterocycles. The lowest BCUT2D eigenvalue weighted by Gasteiger charge is -2.59. The minimum Gasteiger partial charge on any atom is -0.446 e. The number of carbonyl (C=O) groups is 2. The normalized spacial score (nSPS) is 46.5. The highest BCUT2D eigenvalue weighted by atomic mass is 19.3. The van der Waals surface area contributed by atoms with Gasteiger partial charge in [0.2, 0.25) is 0 Å². The van der Waals surface area contributed by atoms with Crippen molar-refractivity contribution in [3.05, 3.63) is 0 Å². The Labute approximate surface area is 280 Å². The molecule has 264 valence electrons. The molecule has 9 heteroatoms. The summed E-state index contributed by atoms with van der Waals surface area (Å²) < 4.78 is 46.8. The molecule has 8 aliphatic rings. The van der Waals surface area contributed by atoms with Crippen molar-refractivity contribution in [3.63, 3.8) is 0 Å². The molecule has 3 heterocycles. The third-order valence-electron chi connectivity index (χ3n) is 15.9. The van der Waals surface area contributed by atoms with Gasteiger partial charge in [0.05, 0.1) is 12.2 Å². The molecule has 3 aliphatic heterocycles. The second-order valence-corrected chi connectivity index (χ2v) is 18.5. The number of hydrogen-bond acceptors (Lipinski definition) is 5. The molecule has 0 aromatic carbocycles. The summed E-state index contributed by atoms with van der Waals surface area (Å²) in [6, 6.07) is 0.